The van der Waals surface area contributed by atoms with Crippen LogP contribution in [-0.2, 0) is 5.75 Å². The lowest BCUT2D eigenvalue weighted by atomic mass is 10.2. The molecule has 3 aromatic heterocycles. The van der Waals surface area contributed by atoms with Crippen molar-refractivity contribution < 1.29 is 13.2 Å². The van der Waals surface area contributed by atoms with E-state index in [2.05, 4.69) is 15.0 Å². The van der Waals surface area contributed by atoms with Gasteiger partial charge in [0.05, 0.1) is 11.2 Å². The van der Waals surface area contributed by atoms with E-state index >= 15 is 0 Å². The third-order valence-electron chi connectivity index (χ3n) is 3.82. The highest BCUT2D eigenvalue weighted by Gasteiger charge is 2.18. The van der Waals surface area contributed by atoms with Crippen molar-refractivity contribution in [3.8, 4) is 5.69 Å². The van der Waals surface area contributed by atoms with Crippen LogP contribution in [0.3, 0.4) is 0 Å². The summed E-state index contributed by atoms with van der Waals surface area (Å²) in [6, 6.07) is 3.85. The molecule has 3 heterocycles. The third-order valence-corrected chi connectivity index (χ3v) is 5.58. The average Bonchev–Trinajstić information content (AvgIpc) is 3.11. The molecule has 0 aliphatic heterocycles. The molecule has 0 saturated heterocycles. The van der Waals surface area contributed by atoms with Crippen molar-refractivity contribution in [2.24, 2.45) is 0 Å². The summed E-state index contributed by atoms with van der Waals surface area (Å²) < 4.78 is 42.5. The highest BCUT2D eigenvalue weighted by molar-refractivity contribution is 7.98. The zero-order valence-corrected chi connectivity index (χ0v) is 15.4. The van der Waals surface area contributed by atoms with Gasteiger partial charge < -0.3 is 4.98 Å². The molecule has 0 amide bonds. The van der Waals surface area contributed by atoms with Crippen LogP contribution < -0.4 is 11.1 Å². The predicted octanol–water partition coefficient (Wildman–Crippen LogP) is 3.24. The van der Waals surface area contributed by atoms with Gasteiger partial charge in [0.25, 0.3) is 5.56 Å². The van der Waals surface area contributed by atoms with E-state index < -0.39 is 23.0 Å². The lowest BCUT2D eigenvalue weighted by Crippen LogP contribution is -2.22. The van der Waals surface area contributed by atoms with E-state index in [4.69, 9.17) is 0 Å². The summed E-state index contributed by atoms with van der Waals surface area (Å²) in [6.45, 7) is 0. The first kappa shape index (κ1) is 18.4. The van der Waals surface area contributed by atoms with Crippen LogP contribution in [-0.4, -0.2) is 19.5 Å². The molecule has 0 atom stereocenters. The van der Waals surface area contributed by atoms with Gasteiger partial charge in [0.2, 0.25) is 5.56 Å². The van der Waals surface area contributed by atoms with Crippen molar-refractivity contribution in [1.29, 1.82) is 0 Å². The fourth-order valence-corrected chi connectivity index (χ4v) is 4.18. The molecule has 0 bridgehead atoms. The monoisotopic (exact) mass is 422 g/mol. The normalized spacial score (nSPS) is 11.2. The van der Waals surface area contributed by atoms with E-state index in [1.165, 1.54) is 28.4 Å². The minimum Gasteiger partial charge on any atom is -0.327 e. The Labute approximate surface area is 162 Å². The number of aromatic amines is 1. The average molecular weight is 422 g/mol. The number of aromatic nitrogens is 4. The quantitative estimate of drug-likeness (QED) is 0.403. The maximum atomic E-state index is 13.9. The first-order valence-electron chi connectivity index (χ1n) is 7.75. The molecule has 4 rings (SSSR count). The summed E-state index contributed by atoms with van der Waals surface area (Å²) in [5.41, 5.74) is 0.875. The summed E-state index contributed by atoms with van der Waals surface area (Å²) in [5.74, 6) is -3.31. The minimum absolute atomic E-state index is 0.124. The van der Waals surface area contributed by atoms with Gasteiger partial charge in [-0.25, -0.2) is 23.1 Å². The van der Waals surface area contributed by atoms with Crippen molar-refractivity contribution in [2.45, 2.75) is 10.9 Å². The number of H-pyrrole nitrogens is 1. The van der Waals surface area contributed by atoms with E-state index in [0.717, 1.165) is 23.1 Å². The van der Waals surface area contributed by atoms with Gasteiger partial charge >= 0.3 is 0 Å². The topological polar surface area (TPSA) is 80.6 Å². The minimum atomic E-state index is -1.03. The van der Waals surface area contributed by atoms with E-state index in [1.807, 2.05) is 0 Å². The van der Waals surface area contributed by atoms with Crippen LogP contribution in [0.25, 0.3) is 16.0 Å². The Morgan fingerprint density at radius 3 is 2.57 bits per heavy atom. The van der Waals surface area contributed by atoms with Crippen molar-refractivity contribution >= 4 is 33.4 Å². The van der Waals surface area contributed by atoms with Crippen molar-refractivity contribution in [1.82, 2.24) is 19.5 Å². The fourth-order valence-electron chi connectivity index (χ4n) is 2.51. The number of nitrogens with one attached hydrogen (secondary N) is 1. The Morgan fingerprint density at radius 1 is 1.14 bits per heavy atom. The SMILES string of the molecule is O=c1ccc(-n2c(SCc3c(F)cc(F)cc3F)nc3ncsc3c2=O)c[nH]1. The molecule has 11 heteroatoms. The van der Waals surface area contributed by atoms with Crippen molar-refractivity contribution in [3.63, 3.8) is 0 Å². The number of rotatable bonds is 4. The van der Waals surface area contributed by atoms with Gasteiger partial charge in [0.1, 0.15) is 22.2 Å². The van der Waals surface area contributed by atoms with Crippen molar-refractivity contribution in [3.05, 3.63) is 79.7 Å². The molecule has 0 aliphatic rings. The molecule has 0 fully saturated rings. The number of halogens is 3. The number of fused-ring (bicyclic) bond motifs is 1. The summed E-state index contributed by atoms with van der Waals surface area (Å²) in [4.78, 5) is 35.0. The van der Waals surface area contributed by atoms with Crippen LogP contribution in [0.4, 0.5) is 13.2 Å². The van der Waals surface area contributed by atoms with Crippen LogP contribution in [0.1, 0.15) is 5.56 Å². The third kappa shape index (κ3) is 3.34. The molecular formula is C17H9F3N4O2S2. The summed E-state index contributed by atoms with van der Waals surface area (Å²) >= 11 is 1.99. The molecule has 0 radical (unpaired) electrons. The Balaban J connectivity index is 1.82. The van der Waals surface area contributed by atoms with Gasteiger partial charge in [-0.3, -0.25) is 14.2 Å². The van der Waals surface area contributed by atoms with Gasteiger partial charge in [-0.15, -0.1) is 11.3 Å². The van der Waals surface area contributed by atoms with Crippen molar-refractivity contribution in [2.75, 3.05) is 0 Å². The van der Waals surface area contributed by atoms with Crippen LogP contribution in [0.2, 0.25) is 0 Å². The molecule has 142 valence electrons. The van der Waals surface area contributed by atoms with E-state index in [1.54, 1.807) is 0 Å². The maximum absolute atomic E-state index is 13.9. The number of thiazole rings is 1. The highest BCUT2D eigenvalue weighted by atomic mass is 32.2. The van der Waals surface area contributed by atoms with Gasteiger partial charge in [-0.1, -0.05) is 11.8 Å². The smallest absolute Gasteiger partial charge is 0.278 e. The van der Waals surface area contributed by atoms with E-state index in [0.29, 0.717) is 22.5 Å². The predicted molar refractivity (Wildman–Crippen MR) is 99.5 cm³/mol. The lowest BCUT2D eigenvalue weighted by Gasteiger charge is -2.12. The number of pyridine rings is 1. The number of thioether (sulfide) groups is 1. The maximum Gasteiger partial charge on any atom is 0.278 e. The summed E-state index contributed by atoms with van der Waals surface area (Å²) in [6.07, 6.45) is 1.33. The number of hydrogen-bond acceptors (Lipinski definition) is 6. The van der Waals surface area contributed by atoms with Gasteiger partial charge in [0, 0.05) is 35.7 Å². The first-order chi connectivity index (χ1) is 13.4. The second kappa shape index (κ2) is 7.24. The first-order valence-corrected chi connectivity index (χ1v) is 9.62. The molecule has 28 heavy (non-hydrogen) atoms. The molecule has 0 unspecified atom stereocenters. The van der Waals surface area contributed by atoms with Crippen LogP contribution in [0.15, 0.2) is 50.7 Å². The molecule has 6 nitrogen and oxygen atoms in total. The number of nitrogens with zero attached hydrogens (tertiary/aromatic N) is 3. The summed E-state index contributed by atoms with van der Waals surface area (Å²) in [7, 11) is 0. The molecular weight excluding hydrogens is 413 g/mol. The lowest BCUT2D eigenvalue weighted by molar-refractivity contribution is 0.531. The van der Waals surface area contributed by atoms with Crippen LogP contribution >= 0.6 is 23.1 Å². The molecule has 0 saturated carbocycles. The molecule has 4 aromatic rings. The second-order valence-electron chi connectivity index (χ2n) is 5.59. The number of benzene rings is 1. The standard InChI is InChI=1S/C17H9F3N4O2S2/c18-8-3-11(19)10(12(20)4-8)6-27-17-23-15-14(28-7-22-15)16(26)24(17)9-1-2-13(25)21-5-9/h1-5,7H,6H2,(H,21,25). The number of hydrogen-bond donors (Lipinski definition) is 1. The molecule has 0 aliphatic carbocycles. The molecule has 1 N–H and O–H groups in total. The molecule has 1 aromatic carbocycles. The fraction of sp³-hybridized carbons (Fsp3) is 0.0588. The Kier molecular flexibility index (Phi) is 4.77. The second-order valence-corrected chi connectivity index (χ2v) is 7.39. The zero-order valence-electron chi connectivity index (χ0n) is 13.8. The van der Waals surface area contributed by atoms with E-state index in [9.17, 15) is 22.8 Å². The summed E-state index contributed by atoms with van der Waals surface area (Å²) in [5, 5.41) is 0.124. The van der Waals surface area contributed by atoms with Gasteiger partial charge in [0.15, 0.2) is 10.8 Å². The Morgan fingerprint density at radius 2 is 1.89 bits per heavy atom. The van der Waals surface area contributed by atoms with E-state index in [-0.39, 0.29) is 27.7 Å². The van der Waals surface area contributed by atoms with Gasteiger partial charge in [-0.05, 0) is 6.07 Å². The Bertz CT molecular complexity index is 1270. The van der Waals surface area contributed by atoms with Crippen LogP contribution in [0.5, 0.6) is 0 Å². The van der Waals surface area contributed by atoms with Gasteiger partial charge in [-0.2, -0.15) is 0 Å². The highest BCUT2D eigenvalue weighted by Crippen LogP contribution is 2.27. The molecule has 0 spiro atoms. The largest absolute Gasteiger partial charge is 0.327 e. The zero-order chi connectivity index (χ0) is 19.8. The Hall–Kier alpha value is -2.92. The van der Waals surface area contributed by atoms with Crippen LogP contribution in [0, 0.1) is 17.5 Å².